The van der Waals surface area contributed by atoms with Crippen molar-refractivity contribution in [1.29, 1.82) is 0 Å². The molecule has 228 valence electrons. The Balaban J connectivity index is 1.36. The maximum absolute atomic E-state index is 15.3. The summed E-state index contributed by atoms with van der Waals surface area (Å²) >= 11 is 1.37. The lowest BCUT2D eigenvalue weighted by molar-refractivity contribution is -0.139. The van der Waals surface area contributed by atoms with Gasteiger partial charge in [-0.15, -0.1) is 11.8 Å². The van der Waals surface area contributed by atoms with Gasteiger partial charge in [0.2, 0.25) is 17.1 Å². The number of hydrogen-bond donors (Lipinski definition) is 0. The van der Waals surface area contributed by atoms with Gasteiger partial charge in [0.05, 0.1) is 32.3 Å². The highest BCUT2D eigenvalue weighted by Crippen LogP contribution is 2.45. The fourth-order valence-electron chi connectivity index (χ4n) is 6.08. The van der Waals surface area contributed by atoms with Crippen LogP contribution in [0.15, 0.2) is 58.4 Å². The first-order valence-electron chi connectivity index (χ1n) is 14.0. The number of hydrogen-bond acceptors (Lipinski definition) is 9. The van der Waals surface area contributed by atoms with E-state index in [-0.39, 0.29) is 55.8 Å². The second kappa shape index (κ2) is 10.9. The molecule has 1 aromatic heterocycles. The molecule has 0 spiro atoms. The van der Waals surface area contributed by atoms with Crippen molar-refractivity contribution in [3.8, 4) is 5.75 Å². The first-order valence-corrected chi connectivity index (χ1v) is 15.0. The van der Waals surface area contributed by atoms with Gasteiger partial charge >= 0.3 is 6.16 Å². The molecular formula is C30H26F2N4O7S. The van der Waals surface area contributed by atoms with Crippen LogP contribution in [0.25, 0.3) is 0 Å². The zero-order chi connectivity index (χ0) is 30.7. The number of nitrogens with zero attached hydrogens (tertiary/aromatic N) is 4. The Labute approximate surface area is 253 Å². The molecule has 0 N–H and O–H groups in total. The van der Waals surface area contributed by atoms with Crippen molar-refractivity contribution in [2.24, 2.45) is 0 Å². The number of likely N-dealkylation sites (tertiary alicyclic amines) is 1. The monoisotopic (exact) mass is 624 g/mol. The molecule has 2 saturated heterocycles. The lowest BCUT2D eigenvalue weighted by atomic mass is 9.93. The van der Waals surface area contributed by atoms with Crippen LogP contribution in [0, 0.1) is 11.6 Å². The molecule has 4 aliphatic heterocycles. The quantitative estimate of drug-likeness (QED) is 0.406. The van der Waals surface area contributed by atoms with Crippen molar-refractivity contribution >= 4 is 29.7 Å². The minimum absolute atomic E-state index is 0.0920. The number of fused-ring (bicyclic) bond motifs is 4. The molecule has 0 bridgehead atoms. The SMILES string of the molecule is CC(=O)N1CC(OC(=O)Oc2c3n(ccc2=O)N([C@@H]2c4ccccc4SCc4c2ccc(F)c4F)[C@@H]2COCCN2C3=O)C1. The number of amides is 2. The molecule has 0 unspecified atom stereocenters. The summed E-state index contributed by atoms with van der Waals surface area (Å²) in [6, 6.07) is 10.5. The van der Waals surface area contributed by atoms with Crippen molar-refractivity contribution in [2.75, 3.05) is 37.9 Å². The van der Waals surface area contributed by atoms with Gasteiger partial charge in [0.25, 0.3) is 5.91 Å². The number of carbonyl (C=O) groups excluding carboxylic acids is 3. The molecule has 14 heteroatoms. The fraction of sp³-hybridized carbons (Fsp3) is 0.333. The molecule has 2 fully saturated rings. The van der Waals surface area contributed by atoms with Crippen LogP contribution in [-0.2, 0) is 20.0 Å². The van der Waals surface area contributed by atoms with E-state index < -0.39 is 53.2 Å². The average Bonchev–Trinajstić information content (AvgIpc) is 3.15. The summed E-state index contributed by atoms with van der Waals surface area (Å²) in [6.07, 6.45) is -1.11. The molecule has 5 heterocycles. The minimum atomic E-state index is -1.19. The number of carbonyl (C=O) groups is 3. The molecule has 2 amide bonds. The maximum atomic E-state index is 15.3. The van der Waals surface area contributed by atoms with Crippen molar-refractivity contribution in [3.63, 3.8) is 0 Å². The van der Waals surface area contributed by atoms with E-state index in [2.05, 4.69) is 0 Å². The van der Waals surface area contributed by atoms with Gasteiger partial charge in [-0.25, -0.2) is 13.6 Å². The van der Waals surface area contributed by atoms with E-state index in [1.54, 1.807) is 5.01 Å². The molecule has 2 aromatic carbocycles. The predicted molar refractivity (Wildman–Crippen MR) is 152 cm³/mol. The molecule has 44 heavy (non-hydrogen) atoms. The van der Waals surface area contributed by atoms with Crippen LogP contribution in [0.1, 0.15) is 40.1 Å². The van der Waals surface area contributed by atoms with Gasteiger partial charge in [-0.3, -0.25) is 24.1 Å². The van der Waals surface area contributed by atoms with E-state index in [1.807, 2.05) is 24.3 Å². The number of ether oxygens (including phenoxy) is 3. The van der Waals surface area contributed by atoms with Crippen LogP contribution in [-0.4, -0.2) is 77.6 Å². The Morgan fingerprint density at radius 2 is 1.84 bits per heavy atom. The molecule has 0 saturated carbocycles. The molecule has 7 rings (SSSR count). The normalized spacial score (nSPS) is 20.9. The van der Waals surface area contributed by atoms with E-state index in [4.69, 9.17) is 14.2 Å². The zero-order valence-electron chi connectivity index (χ0n) is 23.4. The van der Waals surface area contributed by atoms with Crippen molar-refractivity contribution < 1.29 is 37.4 Å². The minimum Gasteiger partial charge on any atom is -0.427 e. The van der Waals surface area contributed by atoms with Crippen LogP contribution in [0.2, 0.25) is 0 Å². The maximum Gasteiger partial charge on any atom is 0.514 e. The summed E-state index contributed by atoms with van der Waals surface area (Å²) in [7, 11) is 0. The predicted octanol–water partition coefficient (Wildman–Crippen LogP) is 3.02. The van der Waals surface area contributed by atoms with Gasteiger partial charge in [0.1, 0.15) is 12.3 Å². The standard InChI is InChI=1S/C30H26F2N4O7S/c1-16(37)33-12-17(13-33)42-30(40)43-28-22(38)8-9-35-27(28)29(39)34-10-11-41-14-24(34)36(35)26-18-6-7-21(31)25(32)20(18)15-44-23-5-3-2-4-19(23)26/h2-9,17,24,26H,10-15H2,1H3/t24-,26+/m1/s1. The molecule has 4 aliphatic rings. The number of aromatic nitrogens is 1. The molecule has 2 atom stereocenters. The van der Waals surface area contributed by atoms with Gasteiger partial charge < -0.3 is 24.0 Å². The number of pyridine rings is 1. The third-order valence-electron chi connectivity index (χ3n) is 8.27. The van der Waals surface area contributed by atoms with Gasteiger partial charge in [0.15, 0.2) is 17.3 Å². The van der Waals surface area contributed by atoms with Gasteiger partial charge in [-0.2, -0.15) is 0 Å². The summed E-state index contributed by atoms with van der Waals surface area (Å²) in [5, 5.41) is 1.78. The van der Waals surface area contributed by atoms with Crippen LogP contribution in [0.3, 0.4) is 0 Å². The third-order valence-corrected chi connectivity index (χ3v) is 9.39. The summed E-state index contributed by atoms with van der Waals surface area (Å²) in [4.78, 5) is 55.3. The Bertz CT molecular complexity index is 1760. The summed E-state index contributed by atoms with van der Waals surface area (Å²) in [5.74, 6) is -3.01. The molecular weight excluding hydrogens is 598 g/mol. The van der Waals surface area contributed by atoms with Crippen molar-refractivity contribution in [1.82, 2.24) is 14.5 Å². The molecule has 0 radical (unpaired) electrons. The second-order valence-corrected chi connectivity index (χ2v) is 11.8. The molecule has 11 nitrogen and oxygen atoms in total. The largest absolute Gasteiger partial charge is 0.514 e. The lowest BCUT2D eigenvalue weighted by Gasteiger charge is -2.51. The lowest BCUT2D eigenvalue weighted by Crippen LogP contribution is -2.66. The van der Waals surface area contributed by atoms with Crippen molar-refractivity contribution in [2.45, 2.75) is 35.9 Å². The van der Waals surface area contributed by atoms with Crippen LogP contribution >= 0.6 is 11.8 Å². The Morgan fingerprint density at radius 3 is 2.64 bits per heavy atom. The number of halogens is 2. The highest BCUT2D eigenvalue weighted by Gasteiger charge is 2.47. The van der Waals surface area contributed by atoms with E-state index in [9.17, 15) is 23.6 Å². The highest BCUT2D eigenvalue weighted by atomic mass is 32.2. The van der Waals surface area contributed by atoms with Gasteiger partial charge in [-0.1, -0.05) is 24.3 Å². The Hall–Kier alpha value is -4.43. The molecule has 0 aliphatic carbocycles. The van der Waals surface area contributed by atoms with E-state index in [0.29, 0.717) is 5.56 Å². The van der Waals surface area contributed by atoms with Crippen LogP contribution in [0.4, 0.5) is 13.6 Å². The number of thioether (sulfide) groups is 1. The van der Waals surface area contributed by atoms with E-state index in [1.165, 1.54) is 45.4 Å². The van der Waals surface area contributed by atoms with E-state index in [0.717, 1.165) is 22.6 Å². The summed E-state index contributed by atoms with van der Waals surface area (Å²) in [6.45, 7) is 2.27. The Kier molecular flexibility index (Phi) is 7.04. The van der Waals surface area contributed by atoms with Gasteiger partial charge in [-0.05, 0) is 23.3 Å². The Morgan fingerprint density at radius 1 is 1.05 bits per heavy atom. The van der Waals surface area contributed by atoms with Crippen molar-refractivity contribution in [3.05, 3.63) is 92.9 Å². The number of rotatable bonds is 3. The number of morpholine rings is 1. The smallest absolute Gasteiger partial charge is 0.427 e. The van der Waals surface area contributed by atoms with E-state index >= 15 is 4.39 Å². The number of benzene rings is 2. The van der Waals surface area contributed by atoms with Crippen LogP contribution in [0.5, 0.6) is 5.75 Å². The zero-order valence-corrected chi connectivity index (χ0v) is 24.2. The topological polar surface area (TPSA) is 111 Å². The third kappa shape index (κ3) is 4.59. The van der Waals surface area contributed by atoms with Gasteiger partial charge in [0, 0.05) is 41.9 Å². The highest BCUT2D eigenvalue weighted by molar-refractivity contribution is 7.98. The first kappa shape index (κ1) is 28.3. The second-order valence-electron chi connectivity index (χ2n) is 10.8. The average molecular weight is 625 g/mol. The summed E-state index contributed by atoms with van der Waals surface area (Å²) in [5.41, 5.74) is 0.489. The first-order chi connectivity index (χ1) is 21.2. The summed E-state index contributed by atoms with van der Waals surface area (Å²) < 4.78 is 47.8. The molecule has 3 aromatic rings. The van der Waals surface area contributed by atoms with Crippen LogP contribution < -0.4 is 15.2 Å². The fourth-order valence-corrected chi connectivity index (χ4v) is 7.20.